The second-order valence-electron chi connectivity index (χ2n) is 9.75. The highest BCUT2D eigenvalue weighted by Crippen LogP contribution is 2.22. The van der Waals surface area contributed by atoms with Crippen molar-refractivity contribution in [3.05, 3.63) is 89.2 Å². The van der Waals surface area contributed by atoms with E-state index in [1.807, 2.05) is 18.2 Å². The number of rotatable bonds is 8. The molecule has 8 nitrogen and oxygen atoms in total. The number of carbonyl (C=O) groups is 1. The average Bonchev–Trinajstić information content (AvgIpc) is 3.53. The highest BCUT2D eigenvalue weighted by atomic mass is 16.2. The van der Waals surface area contributed by atoms with E-state index in [-0.39, 0.29) is 11.9 Å². The lowest BCUT2D eigenvalue weighted by molar-refractivity contribution is 0.0917. The van der Waals surface area contributed by atoms with Crippen molar-refractivity contribution in [1.82, 2.24) is 30.0 Å². The third-order valence-corrected chi connectivity index (χ3v) is 6.66. The lowest BCUT2D eigenvalue weighted by Crippen LogP contribution is -2.37. The maximum atomic E-state index is 13.4. The summed E-state index contributed by atoms with van der Waals surface area (Å²) in [6, 6.07) is 19.9. The summed E-state index contributed by atoms with van der Waals surface area (Å²) >= 11 is 0. The molecule has 0 bridgehead atoms. The van der Waals surface area contributed by atoms with Gasteiger partial charge in [-0.05, 0) is 80.7 Å². The molecule has 0 aliphatic carbocycles. The first kappa shape index (κ1) is 24.6. The van der Waals surface area contributed by atoms with Crippen molar-refractivity contribution in [3.8, 4) is 11.4 Å². The van der Waals surface area contributed by atoms with E-state index in [4.69, 9.17) is 0 Å². The number of amides is 1. The van der Waals surface area contributed by atoms with Crippen LogP contribution in [-0.2, 0) is 7.05 Å². The molecule has 1 aliphatic heterocycles. The molecule has 190 valence electrons. The van der Waals surface area contributed by atoms with E-state index in [1.54, 1.807) is 30.1 Å². The van der Waals surface area contributed by atoms with Gasteiger partial charge in [0.15, 0.2) is 0 Å². The van der Waals surface area contributed by atoms with Crippen LogP contribution in [-0.4, -0.2) is 50.2 Å². The molecule has 2 aromatic heterocycles. The Morgan fingerprint density at radius 3 is 2.43 bits per heavy atom. The van der Waals surface area contributed by atoms with Crippen molar-refractivity contribution < 1.29 is 4.79 Å². The van der Waals surface area contributed by atoms with Crippen molar-refractivity contribution >= 4 is 17.5 Å². The summed E-state index contributed by atoms with van der Waals surface area (Å²) in [6.45, 7) is 7.05. The van der Waals surface area contributed by atoms with E-state index >= 15 is 0 Å². The van der Waals surface area contributed by atoms with Gasteiger partial charge in [-0.3, -0.25) is 9.48 Å². The van der Waals surface area contributed by atoms with Crippen molar-refractivity contribution in [1.29, 1.82) is 0 Å². The van der Waals surface area contributed by atoms with E-state index in [1.165, 1.54) is 12.8 Å². The molecule has 2 aromatic carbocycles. The van der Waals surface area contributed by atoms with Crippen LogP contribution in [0.15, 0.2) is 66.9 Å². The molecule has 0 saturated carbocycles. The van der Waals surface area contributed by atoms with Gasteiger partial charge in [0.1, 0.15) is 11.4 Å². The Labute approximate surface area is 217 Å². The summed E-state index contributed by atoms with van der Waals surface area (Å²) in [5.74, 6) is 0.325. The third-order valence-electron chi connectivity index (χ3n) is 6.66. The van der Waals surface area contributed by atoms with E-state index in [9.17, 15) is 4.79 Å². The minimum Gasteiger partial charge on any atom is -0.343 e. The zero-order valence-electron chi connectivity index (χ0n) is 21.6. The predicted molar refractivity (Wildman–Crippen MR) is 146 cm³/mol. The fourth-order valence-corrected chi connectivity index (χ4v) is 4.92. The minimum absolute atomic E-state index is 0.0993. The zero-order chi connectivity index (χ0) is 25.8. The van der Waals surface area contributed by atoms with Gasteiger partial charge in [0.2, 0.25) is 5.95 Å². The number of benzene rings is 2. The number of nitrogens with zero attached hydrogens (tertiary/aromatic N) is 5. The molecule has 1 unspecified atom stereocenters. The molecular formula is C29H33N7O. The summed E-state index contributed by atoms with van der Waals surface area (Å²) < 4.78 is 1.61. The Morgan fingerprint density at radius 1 is 0.973 bits per heavy atom. The molecule has 1 atom stereocenters. The standard InChI is InChI=1S/C29H33N7O/c1-20-15-21(2)17-23(16-20)31-29-30-12-11-24(33-29)25-18-27(35(3)34-25)28(37)32-26(19-36-13-7-8-14-36)22-9-5-4-6-10-22/h4-6,9-12,15-18,26H,7-8,13-14,19H2,1-3H3,(H,32,37)(H,30,31,33). The van der Waals surface area contributed by atoms with Crippen LogP contribution in [0.5, 0.6) is 0 Å². The highest BCUT2D eigenvalue weighted by Gasteiger charge is 2.23. The topological polar surface area (TPSA) is 88.0 Å². The largest absolute Gasteiger partial charge is 0.343 e. The molecule has 1 amide bonds. The third kappa shape index (κ3) is 6.03. The summed E-state index contributed by atoms with van der Waals surface area (Å²) in [4.78, 5) is 24.8. The van der Waals surface area contributed by atoms with Gasteiger partial charge in [0.05, 0.1) is 11.7 Å². The first-order valence-corrected chi connectivity index (χ1v) is 12.8. The number of likely N-dealkylation sites (tertiary alicyclic amines) is 1. The van der Waals surface area contributed by atoms with Crippen molar-refractivity contribution in [3.63, 3.8) is 0 Å². The van der Waals surface area contributed by atoms with E-state index < -0.39 is 0 Å². The molecule has 1 saturated heterocycles. The van der Waals surface area contributed by atoms with Gasteiger partial charge in [-0.2, -0.15) is 5.10 Å². The number of hydrogen-bond acceptors (Lipinski definition) is 6. The monoisotopic (exact) mass is 495 g/mol. The van der Waals surface area contributed by atoms with Crippen LogP contribution in [0.1, 0.15) is 46.1 Å². The Morgan fingerprint density at radius 2 is 1.70 bits per heavy atom. The van der Waals surface area contributed by atoms with Crippen LogP contribution in [0, 0.1) is 13.8 Å². The smallest absolute Gasteiger partial charge is 0.270 e. The van der Waals surface area contributed by atoms with Crippen LogP contribution in [0.4, 0.5) is 11.6 Å². The SMILES string of the molecule is Cc1cc(C)cc(Nc2nccc(-c3cc(C(=O)NC(CN4CCCC4)c4ccccc4)n(C)n3)n2)c1. The van der Waals surface area contributed by atoms with Crippen LogP contribution in [0.25, 0.3) is 11.4 Å². The molecule has 3 heterocycles. The maximum Gasteiger partial charge on any atom is 0.270 e. The fraction of sp³-hybridized carbons (Fsp3) is 0.310. The Balaban J connectivity index is 1.34. The Bertz CT molecular complexity index is 1360. The Hall–Kier alpha value is -4.04. The van der Waals surface area contributed by atoms with Gasteiger partial charge in [-0.15, -0.1) is 0 Å². The van der Waals surface area contributed by atoms with Crippen molar-refractivity contribution in [2.24, 2.45) is 7.05 Å². The second kappa shape index (κ2) is 10.9. The van der Waals surface area contributed by atoms with Gasteiger partial charge >= 0.3 is 0 Å². The predicted octanol–water partition coefficient (Wildman–Crippen LogP) is 4.80. The fourth-order valence-electron chi connectivity index (χ4n) is 4.92. The van der Waals surface area contributed by atoms with Crippen molar-refractivity contribution in [2.45, 2.75) is 32.7 Å². The van der Waals surface area contributed by atoms with E-state index in [0.29, 0.717) is 23.0 Å². The lowest BCUT2D eigenvalue weighted by Gasteiger charge is -2.25. The lowest BCUT2D eigenvalue weighted by atomic mass is 10.1. The molecule has 0 spiro atoms. The van der Waals surface area contributed by atoms with Crippen LogP contribution >= 0.6 is 0 Å². The van der Waals surface area contributed by atoms with E-state index in [0.717, 1.165) is 42.0 Å². The molecule has 1 fully saturated rings. The molecule has 8 heteroatoms. The van der Waals surface area contributed by atoms with Crippen LogP contribution < -0.4 is 10.6 Å². The number of hydrogen-bond donors (Lipinski definition) is 2. The van der Waals surface area contributed by atoms with Gasteiger partial charge in [-0.25, -0.2) is 9.97 Å². The number of aryl methyl sites for hydroxylation is 3. The van der Waals surface area contributed by atoms with Crippen LogP contribution in [0.3, 0.4) is 0 Å². The average molecular weight is 496 g/mol. The first-order valence-electron chi connectivity index (χ1n) is 12.8. The summed E-state index contributed by atoms with van der Waals surface area (Å²) in [5.41, 5.74) is 6.11. The minimum atomic E-state index is -0.156. The van der Waals surface area contributed by atoms with Gasteiger partial charge in [0, 0.05) is 25.5 Å². The number of carbonyl (C=O) groups excluding carboxylic acids is 1. The quantitative estimate of drug-likeness (QED) is 0.365. The van der Waals surface area contributed by atoms with Gasteiger partial charge < -0.3 is 15.5 Å². The summed E-state index contributed by atoms with van der Waals surface area (Å²) in [7, 11) is 1.78. The molecule has 0 radical (unpaired) electrons. The number of nitrogens with one attached hydrogen (secondary N) is 2. The molecule has 1 aliphatic rings. The van der Waals surface area contributed by atoms with Crippen LogP contribution in [0.2, 0.25) is 0 Å². The second-order valence-corrected chi connectivity index (χ2v) is 9.75. The zero-order valence-corrected chi connectivity index (χ0v) is 21.6. The van der Waals surface area contributed by atoms with Gasteiger partial charge in [-0.1, -0.05) is 36.4 Å². The summed E-state index contributed by atoms with van der Waals surface area (Å²) in [6.07, 6.45) is 4.11. The number of anilines is 2. The molecule has 4 aromatic rings. The van der Waals surface area contributed by atoms with Gasteiger partial charge in [0.25, 0.3) is 5.91 Å². The molecule has 37 heavy (non-hydrogen) atoms. The maximum absolute atomic E-state index is 13.4. The molecule has 2 N–H and O–H groups in total. The van der Waals surface area contributed by atoms with Crippen molar-refractivity contribution in [2.75, 3.05) is 25.0 Å². The number of aromatic nitrogens is 4. The molecular weight excluding hydrogens is 462 g/mol. The normalized spacial score (nSPS) is 14.5. The first-order chi connectivity index (χ1) is 17.9. The van der Waals surface area contributed by atoms with E-state index in [2.05, 4.69) is 74.8 Å². The molecule has 5 rings (SSSR count). The Kier molecular flexibility index (Phi) is 7.28. The summed E-state index contributed by atoms with van der Waals surface area (Å²) in [5, 5.41) is 11.1. The highest BCUT2D eigenvalue weighted by molar-refractivity contribution is 5.94.